The first-order valence-corrected chi connectivity index (χ1v) is 5.77. The molecule has 5 heteroatoms. The van der Waals surface area contributed by atoms with Gasteiger partial charge in [-0.15, -0.1) is 0 Å². The molecule has 16 heavy (non-hydrogen) atoms. The first-order chi connectivity index (χ1) is 7.74. The minimum Gasteiger partial charge on any atom is -0.384 e. The van der Waals surface area contributed by atoms with E-state index in [4.69, 9.17) is 9.26 Å². The van der Waals surface area contributed by atoms with Crippen LogP contribution in [0, 0.1) is 0 Å². The first kappa shape index (κ1) is 11.5. The number of nitrogens with zero attached hydrogens (tertiary/aromatic N) is 2. The normalized spacial score (nSPS) is 19.9. The van der Waals surface area contributed by atoms with Gasteiger partial charge in [0, 0.05) is 18.9 Å². The van der Waals surface area contributed by atoms with Crippen LogP contribution < -0.4 is 5.32 Å². The molecule has 0 saturated carbocycles. The number of nitrogens with one attached hydrogen (secondary N) is 1. The molecule has 2 heterocycles. The predicted molar refractivity (Wildman–Crippen MR) is 59.3 cm³/mol. The maximum Gasteiger partial charge on any atom is 0.232 e. The van der Waals surface area contributed by atoms with Crippen molar-refractivity contribution < 1.29 is 9.26 Å². The highest BCUT2D eigenvalue weighted by molar-refractivity contribution is 5.05. The molecule has 0 spiro atoms. The van der Waals surface area contributed by atoms with Gasteiger partial charge >= 0.3 is 0 Å². The molecular weight excluding hydrogens is 206 g/mol. The van der Waals surface area contributed by atoms with E-state index in [-0.39, 0.29) is 5.41 Å². The molecule has 0 radical (unpaired) electrons. The number of aromatic nitrogens is 2. The van der Waals surface area contributed by atoms with Crippen LogP contribution in [0.25, 0.3) is 0 Å². The van der Waals surface area contributed by atoms with E-state index in [1.807, 2.05) is 0 Å². The summed E-state index contributed by atoms with van der Waals surface area (Å²) in [4.78, 5) is 4.46. The van der Waals surface area contributed by atoms with Crippen LogP contribution in [0.1, 0.15) is 31.5 Å². The number of rotatable bonds is 4. The van der Waals surface area contributed by atoms with Crippen LogP contribution in [0.3, 0.4) is 0 Å². The standard InChI is InChI=1S/C11H19N3O2/c1-11(4-6-12-7-5-11)10-13-9(14-16-10)3-8-15-2/h12H,3-8H2,1-2H3. The Bertz CT molecular complexity index is 332. The molecule has 0 amide bonds. The van der Waals surface area contributed by atoms with Crippen molar-refractivity contribution in [3.63, 3.8) is 0 Å². The van der Waals surface area contributed by atoms with E-state index in [1.165, 1.54) is 0 Å². The maximum atomic E-state index is 5.36. The molecule has 1 aliphatic rings. The van der Waals surface area contributed by atoms with Gasteiger partial charge in [0.1, 0.15) is 0 Å². The van der Waals surface area contributed by atoms with E-state index in [0.717, 1.165) is 37.6 Å². The second-order valence-corrected chi connectivity index (χ2v) is 4.57. The fourth-order valence-electron chi connectivity index (χ4n) is 1.99. The number of piperidine rings is 1. The quantitative estimate of drug-likeness (QED) is 0.825. The Balaban J connectivity index is 2.05. The van der Waals surface area contributed by atoms with Crippen molar-refractivity contribution in [3.8, 4) is 0 Å². The van der Waals surface area contributed by atoms with E-state index in [9.17, 15) is 0 Å². The molecule has 1 N–H and O–H groups in total. The molecule has 0 bridgehead atoms. The molecule has 1 aliphatic heterocycles. The number of methoxy groups -OCH3 is 1. The van der Waals surface area contributed by atoms with E-state index in [2.05, 4.69) is 22.4 Å². The molecular formula is C11H19N3O2. The van der Waals surface area contributed by atoms with Gasteiger partial charge in [0.15, 0.2) is 5.82 Å². The third-order valence-electron chi connectivity index (χ3n) is 3.22. The van der Waals surface area contributed by atoms with Crippen molar-refractivity contribution in [3.05, 3.63) is 11.7 Å². The second-order valence-electron chi connectivity index (χ2n) is 4.57. The van der Waals surface area contributed by atoms with Gasteiger partial charge in [-0.1, -0.05) is 12.1 Å². The predicted octanol–water partition coefficient (Wildman–Crippen LogP) is 0.900. The maximum absolute atomic E-state index is 5.36. The van der Waals surface area contributed by atoms with Gasteiger partial charge in [-0.05, 0) is 25.9 Å². The van der Waals surface area contributed by atoms with Crippen LogP contribution in [0.5, 0.6) is 0 Å². The highest BCUT2D eigenvalue weighted by atomic mass is 16.5. The summed E-state index contributed by atoms with van der Waals surface area (Å²) in [5.41, 5.74) is 0.0452. The summed E-state index contributed by atoms with van der Waals surface area (Å²) < 4.78 is 10.4. The molecule has 0 unspecified atom stereocenters. The Kier molecular flexibility index (Phi) is 3.56. The van der Waals surface area contributed by atoms with Crippen molar-refractivity contribution in [2.24, 2.45) is 0 Å². The largest absolute Gasteiger partial charge is 0.384 e. The Morgan fingerprint density at radius 3 is 2.88 bits per heavy atom. The molecule has 0 atom stereocenters. The fraction of sp³-hybridized carbons (Fsp3) is 0.818. The highest BCUT2D eigenvalue weighted by Gasteiger charge is 2.34. The number of hydrogen-bond donors (Lipinski definition) is 1. The van der Waals surface area contributed by atoms with Crippen LogP contribution in [-0.4, -0.2) is 36.9 Å². The Morgan fingerprint density at radius 1 is 1.44 bits per heavy atom. The van der Waals surface area contributed by atoms with E-state index in [0.29, 0.717) is 13.0 Å². The van der Waals surface area contributed by atoms with Gasteiger partial charge in [0.05, 0.1) is 6.61 Å². The molecule has 5 nitrogen and oxygen atoms in total. The summed E-state index contributed by atoms with van der Waals surface area (Å²) in [6.07, 6.45) is 2.83. The van der Waals surface area contributed by atoms with Gasteiger partial charge in [-0.25, -0.2) is 0 Å². The molecule has 0 aromatic carbocycles. The van der Waals surface area contributed by atoms with E-state index in [1.54, 1.807) is 7.11 Å². The summed E-state index contributed by atoms with van der Waals surface area (Å²) in [5.74, 6) is 1.52. The average Bonchev–Trinajstić information content (AvgIpc) is 2.77. The lowest BCUT2D eigenvalue weighted by atomic mass is 9.81. The lowest BCUT2D eigenvalue weighted by Gasteiger charge is -2.30. The van der Waals surface area contributed by atoms with Crippen molar-refractivity contribution in [1.82, 2.24) is 15.5 Å². The second kappa shape index (κ2) is 4.93. The molecule has 0 aliphatic carbocycles. The molecule has 1 aromatic rings. The fourth-order valence-corrected chi connectivity index (χ4v) is 1.99. The van der Waals surface area contributed by atoms with Crippen LogP contribution in [0.4, 0.5) is 0 Å². The minimum atomic E-state index is 0.0452. The van der Waals surface area contributed by atoms with Gasteiger partial charge < -0.3 is 14.6 Å². The Labute approximate surface area is 95.6 Å². The molecule has 1 saturated heterocycles. The van der Waals surface area contributed by atoms with Gasteiger partial charge in [0.2, 0.25) is 5.89 Å². The smallest absolute Gasteiger partial charge is 0.232 e. The first-order valence-electron chi connectivity index (χ1n) is 5.77. The summed E-state index contributed by atoms with van der Waals surface area (Å²) >= 11 is 0. The van der Waals surface area contributed by atoms with E-state index < -0.39 is 0 Å². The molecule has 2 rings (SSSR count). The van der Waals surface area contributed by atoms with Crippen LogP contribution in [0.15, 0.2) is 4.52 Å². The van der Waals surface area contributed by atoms with Crippen LogP contribution >= 0.6 is 0 Å². The lowest BCUT2D eigenvalue weighted by Crippen LogP contribution is -2.37. The zero-order valence-corrected chi connectivity index (χ0v) is 9.95. The third kappa shape index (κ3) is 2.41. The summed E-state index contributed by atoms with van der Waals surface area (Å²) in [6.45, 7) is 4.87. The Morgan fingerprint density at radius 2 is 2.19 bits per heavy atom. The van der Waals surface area contributed by atoms with Crippen molar-refractivity contribution in [2.45, 2.75) is 31.6 Å². The monoisotopic (exact) mass is 225 g/mol. The summed E-state index contributed by atoms with van der Waals surface area (Å²) in [5, 5.41) is 7.33. The summed E-state index contributed by atoms with van der Waals surface area (Å²) in [6, 6.07) is 0. The lowest BCUT2D eigenvalue weighted by molar-refractivity contribution is 0.199. The molecule has 1 aromatic heterocycles. The van der Waals surface area contributed by atoms with Crippen LogP contribution in [0.2, 0.25) is 0 Å². The van der Waals surface area contributed by atoms with E-state index >= 15 is 0 Å². The summed E-state index contributed by atoms with van der Waals surface area (Å²) in [7, 11) is 1.68. The Hall–Kier alpha value is -0.940. The topological polar surface area (TPSA) is 60.2 Å². The van der Waals surface area contributed by atoms with Crippen molar-refractivity contribution in [1.29, 1.82) is 0 Å². The third-order valence-corrected chi connectivity index (χ3v) is 3.22. The zero-order valence-electron chi connectivity index (χ0n) is 9.95. The van der Waals surface area contributed by atoms with Crippen molar-refractivity contribution in [2.75, 3.05) is 26.8 Å². The van der Waals surface area contributed by atoms with Crippen molar-refractivity contribution >= 4 is 0 Å². The van der Waals surface area contributed by atoms with Gasteiger partial charge in [-0.2, -0.15) is 4.98 Å². The highest BCUT2D eigenvalue weighted by Crippen LogP contribution is 2.31. The van der Waals surface area contributed by atoms with Crippen LogP contribution in [-0.2, 0) is 16.6 Å². The van der Waals surface area contributed by atoms with Gasteiger partial charge in [-0.3, -0.25) is 0 Å². The molecule has 90 valence electrons. The average molecular weight is 225 g/mol. The zero-order chi connectivity index (χ0) is 11.4. The number of hydrogen-bond acceptors (Lipinski definition) is 5. The SMILES string of the molecule is COCCc1noc(C2(C)CCNCC2)n1. The molecule has 1 fully saturated rings. The number of ether oxygens (including phenoxy) is 1. The van der Waals surface area contributed by atoms with Gasteiger partial charge in [0.25, 0.3) is 0 Å². The minimum absolute atomic E-state index is 0.0452.